The van der Waals surface area contributed by atoms with Crippen molar-refractivity contribution >= 4 is 0 Å². The highest BCUT2D eigenvalue weighted by Gasteiger charge is 2.81. The van der Waals surface area contributed by atoms with Crippen molar-refractivity contribution in [3.05, 3.63) is 34.9 Å². The Balaban J connectivity index is 1.95. The van der Waals surface area contributed by atoms with Gasteiger partial charge < -0.3 is 0 Å². The number of benzene rings is 1. The van der Waals surface area contributed by atoms with Crippen molar-refractivity contribution in [2.24, 2.45) is 11.3 Å². The van der Waals surface area contributed by atoms with E-state index in [1.165, 1.54) is 17.5 Å². The van der Waals surface area contributed by atoms with E-state index < -0.39 is 0 Å². The largest absolute Gasteiger partial charge is 0.198 e. The minimum Gasteiger partial charge on any atom is -0.198 e. The smallest absolute Gasteiger partial charge is 0.0991 e. The summed E-state index contributed by atoms with van der Waals surface area (Å²) in [6.45, 7) is 0. The van der Waals surface area contributed by atoms with Crippen LogP contribution in [0.25, 0.3) is 0 Å². The number of hydrogen-bond donors (Lipinski definition) is 0. The van der Waals surface area contributed by atoms with E-state index in [1.807, 2.05) is 12.1 Å². The Bertz CT molecular complexity index is 575. The topological polar surface area (TPSA) is 47.6 Å². The summed E-state index contributed by atoms with van der Waals surface area (Å²) < 4.78 is 0. The molecule has 0 spiro atoms. The maximum atomic E-state index is 9.25. The lowest BCUT2D eigenvalue weighted by molar-refractivity contribution is 0.311. The lowest BCUT2D eigenvalue weighted by Gasteiger charge is -2.31. The van der Waals surface area contributed by atoms with Gasteiger partial charge in [0.2, 0.25) is 0 Å². The van der Waals surface area contributed by atoms with Crippen LogP contribution in [0.2, 0.25) is 0 Å². The second kappa shape index (κ2) is 1.92. The van der Waals surface area contributed by atoms with Gasteiger partial charge in [0.1, 0.15) is 0 Å². The van der Waals surface area contributed by atoms with E-state index in [1.54, 1.807) is 0 Å². The van der Waals surface area contributed by atoms with Crippen LogP contribution in [0, 0.1) is 34.0 Å². The Morgan fingerprint density at radius 1 is 1.27 bits per heavy atom. The molecule has 2 saturated carbocycles. The maximum absolute atomic E-state index is 9.25. The van der Waals surface area contributed by atoms with E-state index in [2.05, 4.69) is 18.2 Å². The van der Waals surface area contributed by atoms with Gasteiger partial charge >= 0.3 is 0 Å². The Kier molecular flexibility index (Phi) is 0.960. The first-order chi connectivity index (χ1) is 7.32. The molecule has 2 fully saturated rings. The molecule has 0 aliphatic heterocycles. The van der Waals surface area contributed by atoms with Crippen molar-refractivity contribution in [1.82, 2.24) is 0 Å². The Labute approximate surface area is 87.8 Å². The third-order valence-electron chi connectivity index (χ3n) is 4.61. The van der Waals surface area contributed by atoms with Crippen molar-refractivity contribution in [1.29, 1.82) is 10.5 Å². The van der Waals surface area contributed by atoms with Crippen LogP contribution in [0.5, 0.6) is 0 Å². The van der Waals surface area contributed by atoms with Gasteiger partial charge in [0, 0.05) is 11.8 Å². The maximum Gasteiger partial charge on any atom is 0.0991 e. The third kappa shape index (κ3) is 0.546. The molecular formula is C13H8N2. The Morgan fingerprint density at radius 2 is 2.13 bits per heavy atom. The van der Waals surface area contributed by atoms with Crippen LogP contribution < -0.4 is 0 Å². The Hall–Kier alpha value is -1.80. The molecule has 2 nitrogen and oxygen atoms in total. The summed E-state index contributed by atoms with van der Waals surface area (Å²) >= 11 is 0. The zero-order valence-electron chi connectivity index (χ0n) is 8.07. The van der Waals surface area contributed by atoms with Crippen LogP contribution in [0.1, 0.15) is 34.9 Å². The summed E-state index contributed by atoms with van der Waals surface area (Å²) in [7, 11) is 0. The summed E-state index contributed by atoms with van der Waals surface area (Å²) in [6, 6.07) is 10.6. The van der Waals surface area contributed by atoms with Crippen LogP contribution in [-0.4, -0.2) is 0 Å². The molecule has 0 heterocycles. The average molecular weight is 192 g/mol. The van der Waals surface area contributed by atoms with Crippen LogP contribution in [0.15, 0.2) is 18.2 Å². The van der Waals surface area contributed by atoms with Gasteiger partial charge in [0.15, 0.2) is 0 Å². The van der Waals surface area contributed by atoms with Gasteiger partial charge in [0.05, 0.1) is 23.1 Å². The number of hydrogen-bond acceptors (Lipinski definition) is 2. The molecule has 0 saturated heterocycles. The Morgan fingerprint density at radius 3 is 2.87 bits per heavy atom. The van der Waals surface area contributed by atoms with E-state index in [0.717, 1.165) is 5.56 Å². The van der Waals surface area contributed by atoms with E-state index in [0.29, 0.717) is 17.8 Å². The van der Waals surface area contributed by atoms with Crippen molar-refractivity contribution < 1.29 is 0 Å². The molecule has 70 valence electrons. The average Bonchev–Trinajstić information content (AvgIpc) is 2.70. The third-order valence-corrected chi connectivity index (χ3v) is 4.61. The van der Waals surface area contributed by atoms with Crippen molar-refractivity contribution in [2.45, 2.75) is 18.3 Å². The molecule has 0 radical (unpaired) electrons. The summed E-state index contributed by atoms with van der Waals surface area (Å²) in [4.78, 5) is 0. The van der Waals surface area contributed by atoms with Crippen LogP contribution >= 0.6 is 0 Å². The molecule has 1 aromatic carbocycles. The minimum absolute atomic E-state index is 0.0452. The van der Waals surface area contributed by atoms with Gasteiger partial charge in [0.25, 0.3) is 0 Å². The SMILES string of the molecule is N#Cc1ccc2c(c1)C1CC3C2C13C#N. The lowest BCUT2D eigenvalue weighted by Crippen LogP contribution is -2.24. The van der Waals surface area contributed by atoms with E-state index >= 15 is 0 Å². The lowest BCUT2D eigenvalue weighted by atomic mass is 9.70. The second-order valence-electron chi connectivity index (χ2n) is 4.87. The predicted octanol–water partition coefficient (Wildman–Crippen LogP) is 2.28. The molecule has 4 atom stereocenters. The van der Waals surface area contributed by atoms with Gasteiger partial charge in [-0.2, -0.15) is 10.5 Å². The fraction of sp³-hybridized carbons (Fsp3) is 0.385. The van der Waals surface area contributed by atoms with Gasteiger partial charge in [-0.3, -0.25) is 0 Å². The van der Waals surface area contributed by atoms with E-state index in [4.69, 9.17) is 5.26 Å². The van der Waals surface area contributed by atoms with Gasteiger partial charge in [-0.05, 0) is 35.6 Å². The minimum atomic E-state index is -0.0452. The first kappa shape index (κ1) is 7.49. The molecule has 15 heavy (non-hydrogen) atoms. The molecule has 1 aromatic rings. The van der Waals surface area contributed by atoms with Crippen molar-refractivity contribution in [3.63, 3.8) is 0 Å². The zero-order chi connectivity index (χ0) is 10.2. The number of nitrogens with zero attached hydrogens (tertiary/aromatic N) is 2. The van der Waals surface area contributed by atoms with Crippen molar-refractivity contribution in [2.75, 3.05) is 0 Å². The number of nitriles is 2. The molecule has 0 aromatic heterocycles. The van der Waals surface area contributed by atoms with Crippen LogP contribution in [0.4, 0.5) is 0 Å². The predicted molar refractivity (Wildman–Crippen MR) is 52.8 cm³/mol. The molecule has 4 unspecified atom stereocenters. The number of fused-ring (bicyclic) bond motifs is 4. The highest BCUT2D eigenvalue weighted by Crippen LogP contribution is 2.86. The normalized spacial score (nSPS) is 41.9. The van der Waals surface area contributed by atoms with Crippen LogP contribution in [-0.2, 0) is 0 Å². The molecule has 0 amide bonds. The van der Waals surface area contributed by atoms with Crippen molar-refractivity contribution in [3.8, 4) is 12.1 Å². The molecule has 0 bridgehead atoms. The standard InChI is InChI=1S/C13H8N2/c14-5-7-1-2-8-9(3-7)10-4-11-12(8)13(10,11)6-15/h1-3,10-12H,4H2. The second-order valence-corrected chi connectivity index (χ2v) is 4.87. The zero-order valence-corrected chi connectivity index (χ0v) is 8.07. The summed E-state index contributed by atoms with van der Waals surface area (Å²) in [5, 5.41) is 18.1. The van der Waals surface area contributed by atoms with Crippen LogP contribution in [0.3, 0.4) is 0 Å². The van der Waals surface area contributed by atoms with E-state index in [-0.39, 0.29) is 5.41 Å². The monoisotopic (exact) mass is 192 g/mol. The summed E-state index contributed by atoms with van der Waals surface area (Å²) in [5.41, 5.74) is 3.31. The highest BCUT2D eigenvalue weighted by atomic mass is 14.8. The van der Waals surface area contributed by atoms with Gasteiger partial charge in [-0.15, -0.1) is 0 Å². The summed E-state index contributed by atoms with van der Waals surface area (Å²) in [5.74, 6) is 1.56. The van der Waals surface area contributed by atoms with Gasteiger partial charge in [-0.1, -0.05) is 6.07 Å². The highest BCUT2D eigenvalue weighted by molar-refractivity contribution is 5.61. The molecule has 2 heteroatoms. The summed E-state index contributed by atoms with van der Waals surface area (Å²) in [6.07, 6.45) is 1.17. The first-order valence-corrected chi connectivity index (χ1v) is 5.28. The molecule has 4 rings (SSSR count). The molecule has 3 aliphatic rings. The van der Waals surface area contributed by atoms with Gasteiger partial charge in [-0.25, -0.2) is 0 Å². The molecular weight excluding hydrogens is 184 g/mol. The molecule has 3 aliphatic carbocycles. The first-order valence-electron chi connectivity index (χ1n) is 5.28. The fourth-order valence-electron chi connectivity index (χ4n) is 3.89. The van der Waals surface area contributed by atoms with E-state index in [9.17, 15) is 5.26 Å². The number of rotatable bonds is 0. The fourth-order valence-corrected chi connectivity index (χ4v) is 3.89. The quantitative estimate of drug-likeness (QED) is 0.633. The molecule has 0 N–H and O–H groups in total.